The van der Waals surface area contributed by atoms with Gasteiger partial charge in [-0.2, -0.15) is 25.8 Å². The minimum absolute atomic E-state index is 0.265. The molecule has 0 spiro atoms. The molecule has 3 heterocycles. The third-order valence-electron chi connectivity index (χ3n) is 5.91. The highest BCUT2D eigenvalue weighted by Crippen LogP contribution is 2.35. The van der Waals surface area contributed by atoms with Crippen molar-refractivity contribution in [2.45, 2.75) is 42.9 Å². The molecular weight excluding hydrogens is 623 g/mol. The number of aromatic nitrogens is 6. The summed E-state index contributed by atoms with van der Waals surface area (Å²) < 4.78 is 70.5. The third kappa shape index (κ3) is 6.49. The van der Waals surface area contributed by atoms with Crippen LogP contribution < -0.4 is 5.32 Å². The first-order chi connectivity index (χ1) is 20.0. The number of nitrogens with zero attached hydrogens (tertiary/aromatic N) is 7. The lowest BCUT2D eigenvalue weighted by Gasteiger charge is -2.16. The van der Waals surface area contributed by atoms with Crippen molar-refractivity contribution in [1.29, 1.82) is 0 Å². The van der Waals surface area contributed by atoms with Crippen LogP contribution in [-0.4, -0.2) is 61.0 Å². The fraction of sp³-hybridized carbons (Fsp3) is 0.208. The van der Waals surface area contributed by atoms with Crippen LogP contribution in [-0.2, 0) is 25.7 Å². The molecule has 43 heavy (non-hydrogen) atoms. The van der Waals surface area contributed by atoms with Crippen LogP contribution in [0.15, 0.2) is 62.5 Å². The molecule has 19 heteroatoms. The fourth-order valence-corrected chi connectivity index (χ4v) is 5.56. The molecule has 0 radical (unpaired) electrons. The van der Waals surface area contributed by atoms with E-state index in [4.69, 9.17) is 0 Å². The Morgan fingerprint density at radius 2 is 1.60 bits per heavy atom. The van der Waals surface area contributed by atoms with Crippen LogP contribution in [0.5, 0.6) is 0 Å². The number of benzene rings is 2. The zero-order chi connectivity index (χ0) is 31.3. The smallest absolute Gasteiger partial charge is 0.294 e. The largest absolute Gasteiger partial charge is 0.322 e. The zero-order valence-electron chi connectivity index (χ0n) is 22.8. The van der Waals surface area contributed by atoms with E-state index in [0.29, 0.717) is 39.7 Å². The van der Waals surface area contributed by atoms with Gasteiger partial charge in [0.15, 0.2) is 11.5 Å². The third-order valence-corrected chi connectivity index (χ3v) is 8.27. The van der Waals surface area contributed by atoms with Gasteiger partial charge < -0.3 is 5.32 Å². The number of nitrogens with one attached hydrogen (secondary N) is 2. The molecular formula is C24H23N9O7S3. The molecule has 0 aliphatic heterocycles. The number of anilines is 1. The monoisotopic (exact) mass is 645 g/mol. The van der Waals surface area contributed by atoms with Crippen molar-refractivity contribution in [1.82, 2.24) is 29.2 Å². The predicted octanol–water partition coefficient (Wildman–Crippen LogP) is 4.34. The molecule has 5 aromatic rings. The summed E-state index contributed by atoms with van der Waals surface area (Å²) in [5.41, 5.74) is 1.74. The van der Waals surface area contributed by atoms with Gasteiger partial charge in [-0.25, -0.2) is 9.97 Å². The number of hydrogen-bond acceptors (Lipinski definition) is 12. The number of rotatable bonds is 7. The second-order valence-electron chi connectivity index (χ2n) is 10.3. The second kappa shape index (κ2) is 10.7. The standard InChI is InChI=1S/C24H23N9O7S3/c1-12-25-23(41-32-12)29-28-18-19(24(2,3)4)30-33-21(18)27-20(31-33)13-5-7-15(8-6-13)26-22(34)14-9-16(42(35,36)37)11-17(10-14)43(38,39)40/h5-11,30H,1-4H3,(H,26,34)(H,35,36,37)(H,38,39,40). The van der Waals surface area contributed by atoms with E-state index in [0.717, 1.165) is 29.4 Å². The number of aryl methyl sites for hydroxylation is 1. The Kier molecular flexibility index (Phi) is 7.47. The number of carbonyl (C=O) groups is 1. The Bertz CT molecular complexity index is 2070. The molecule has 0 saturated carbocycles. The molecule has 0 saturated heterocycles. The van der Waals surface area contributed by atoms with E-state index < -0.39 is 41.5 Å². The Morgan fingerprint density at radius 3 is 2.14 bits per heavy atom. The molecule has 3 aromatic heterocycles. The van der Waals surface area contributed by atoms with Gasteiger partial charge in [-0.15, -0.1) is 15.3 Å². The molecule has 16 nitrogen and oxygen atoms in total. The summed E-state index contributed by atoms with van der Waals surface area (Å²) in [6.45, 7) is 7.77. The number of H-pyrrole nitrogens is 1. The molecule has 0 bridgehead atoms. The fourth-order valence-electron chi connectivity index (χ4n) is 3.88. The first kappa shape index (κ1) is 30.0. The van der Waals surface area contributed by atoms with Crippen molar-refractivity contribution in [3.05, 3.63) is 59.5 Å². The molecule has 1 amide bonds. The van der Waals surface area contributed by atoms with Crippen LogP contribution in [0.4, 0.5) is 16.5 Å². The number of aromatic amines is 1. The van der Waals surface area contributed by atoms with Crippen LogP contribution >= 0.6 is 11.5 Å². The van der Waals surface area contributed by atoms with Crippen LogP contribution in [0.25, 0.3) is 17.0 Å². The maximum Gasteiger partial charge on any atom is 0.294 e. The van der Waals surface area contributed by atoms with Crippen molar-refractivity contribution in [3.8, 4) is 11.4 Å². The topological polar surface area (TPSA) is 234 Å². The lowest BCUT2D eigenvalue weighted by molar-refractivity contribution is 0.102. The summed E-state index contributed by atoms with van der Waals surface area (Å²) in [6, 6.07) is 8.38. The van der Waals surface area contributed by atoms with Crippen molar-refractivity contribution in [3.63, 3.8) is 0 Å². The van der Waals surface area contributed by atoms with Gasteiger partial charge in [0.2, 0.25) is 10.8 Å². The molecule has 0 aliphatic carbocycles. The molecule has 2 aromatic carbocycles. The van der Waals surface area contributed by atoms with E-state index in [-0.39, 0.29) is 11.1 Å². The van der Waals surface area contributed by atoms with Crippen molar-refractivity contribution in [2.24, 2.45) is 10.2 Å². The highest BCUT2D eigenvalue weighted by atomic mass is 32.2. The molecule has 5 rings (SSSR count). The summed E-state index contributed by atoms with van der Waals surface area (Å²) in [7, 11) is -9.76. The highest BCUT2D eigenvalue weighted by Gasteiger charge is 2.26. The van der Waals surface area contributed by atoms with Gasteiger partial charge in [0.25, 0.3) is 26.1 Å². The maximum absolute atomic E-state index is 12.8. The molecule has 4 N–H and O–H groups in total. The van der Waals surface area contributed by atoms with Crippen LogP contribution in [0.1, 0.15) is 42.6 Å². The first-order valence-corrected chi connectivity index (χ1v) is 15.9. The Balaban J connectivity index is 1.42. The minimum atomic E-state index is -4.88. The van der Waals surface area contributed by atoms with E-state index in [1.54, 1.807) is 19.1 Å². The summed E-state index contributed by atoms with van der Waals surface area (Å²) >= 11 is 1.12. The minimum Gasteiger partial charge on any atom is -0.322 e. The van der Waals surface area contributed by atoms with E-state index >= 15 is 0 Å². The first-order valence-electron chi connectivity index (χ1n) is 12.2. The number of azo groups is 1. The van der Waals surface area contributed by atoms with Crippen molar-refractivity contribution >= 4 is 59.8 Å². The lowest BCUT2D eigenvalue weighted by Crippen LogP contribution is -2.14. The molecule has 0 unspecified atom stereocenters. The van der Waals surface area contributed by atoms with Crippen molar-refractivity contribution < 1.29 is 30.7 Å². The van der Waals surface area contributed by atoms with E-state index in [9.17, 15) is 30.7 Å². The molecule has 0 fully saturated rings. The number of hydrogen-bond donors (Lipinski definition) is 4. The summed E-state index contributed by atoms with van der Waals surface area (Å²) in [5, 5.41) is 19.2. The lowest BCUT2D eigenvalue weighted by atomic mass is 9.91. The van der Waals surface area contributed by atoms with Crippen molar-refractivity contribution in [2.75, 3.05) is 5.32 Å². The Morgan fingerprint density at radius 1 is 0.977 bits per heavy atom. The van der Waals surface area contributed by atoms with Gasteiger partial charge in [-0.3, -0.25) is 19.0 Å². The number of amides is 1. The Hall–Kier alpha value is -4.43. The maximum atomic E-state index is 12.8. The molecule has 0 aliphatic rings. The van der Waals surface area contributed by atoms with Gasteiger partial charge in [0, 0.05) is 33.8 Å². The normalized spacial score (nSPS) is 12.8. The zero-order valence-corrected chi connectivity index (χ0v) is 25.3. The molecule has 0 atom stereocenters. The average Bonchev–Trinajstić information content (AvgIpc) is 3.61. The van der Waals surface area contributed by atoms with Gasteiger partial charge in [0.05, 0.1) is 15.5 Å². The second-order valence-corrected chi connectivity index (χ2v) is 13.8. The summed E-state index contributed by atoms with van der Waals surface area (Å²) in [4.78, 5) is 19.9. The van der Waals surface area contributed by atoms with E-state index in [1.807, 2.05) is 20.8 Å². The quantitative estimate of drug-likeness (QED) is 0.143. The van der Waals surface area contributed by atoms with E-state index in [2.05, 4.69) is 40.1 Å². The van der Waals surface area contributed by atoms with E-state index in [1.165, 1.54) is 16.8 Å². The van der Waals surface area contributed by atoms with Crippen LogP contribution in [0.3, 0.4) is 0 Å². The molecule has 224 valence electrons. The van der Waals surface area contributed by atoms with Crippen LogP contribution in [0, 0.1) is 6.92 Å². The predicted molar refractivity (Wildman–Crippen MR) is 154 cm³/mol. The van der Waals surface area contributed by atoms with Crippen LogP contribution in [0.2, 0.25) is 0 Å². The SMILES string of the molecule is Cc1nsc(N=Nc2c(C(C)(C)C)[nH]n3nc(-c4ccc(NC(=O)c5cc(S(=O)(=O)O)cc(S(=O)(=O)O)c5)cc4)nc23)n1. The van der Waals surface area contributed by atoms with Gasteiger partial charge in [-0.05, 0) is 49.4 Å². The summed E-state index contributed by atoms with van der Waals surface area (Å²) in [6.07, 6.45) is 0. The number of fused-ring (bicyclic) bond motifs is 1. The van der Waals surface area contributed by atoms with Gasteiger partial charge in [0.1, 0.15) is 5.82 Å². The van der Waals surface area contributed by atoms with Gasteiger partial charge in [-0.1, -0.05) is 20.8 Å². The number of carbonyl (C=O) groups excluding carboxylic acids is 1. The summed E-state index contributed by atoms with van der Waals surface area (Å²) in [5.74, 6) is 0.0338. The highest BCUT2D eigenvalue weighted by molar-refractivity contribution is 7.86. The average molecular weight is 646 g/mol. The van der Waals surface area contributed by atoms with Gasteiger partial charge >= 0.3 is 0 Å². The Labute approximate surface area is 248 Å².